The number of ether oxygens (including phenoxy) is 1. The maximum absolute atomic E-state index is 13.7. The van der Waals surface area contributed by atoms with E-state index in [0.29, 0.717) is 0 Å². The number of halogens is 3. The van der Waals surface area contributed by atoms with Crippen LogP contribution in [0.15, 0.2) is 23.2 Å². The van der Waals surface area contributed by atoms with E-state index in [0.717, 1.165) is 12.1 Å². The van der Waals surface area contributed by atoms with Crippen molar-refractivity contribution in [3.8, 4) is 0 Å². The molecule has 2 rings (SSSR count). The molecule has 4 N–H and O–H groups in total. The van der Waals surface area contributed by atoms with E-state index in [1.165, 1.54) is 6.07 Å². The average Bonchev–Trinajstić information content (AvgIpc) is 2.32. The first-order valence-corrected chi connectivity index (χ1v) is 5.21. The van der Waals surface area contributed by atoms with Gasteiger partial charge in [0.25, 0.3) is 6.43 Å². The Kier molecular flexibility index (Phi) is 3.16. The lowest BCUT2D eigenvalue weighted by Crippen LogP contribution is -2.45. The minimum absolute atomic E-state index is 0.0432. The van der Waals surface area contributed by atoms with Crippen LogP contribution in [0.2, 0.25) is 0 Å². The van der Waals surface area contributed by atoms with E-state index >= 15 is 0 Å². The number of amidine groups is 1. The van der Waals surface area contributed by atoms with Crippen LogP contribution in [0.1, 0.15) is 5.56 Å². The van der Waals surface area contributed by atoms with Crippen LogP contribution in [-0.2, 0) is 10.3 Å². The van der Waals surface area contributed by atoms with Crippen molar-refractivity contribution < 1.29 is 17.9 Å². The molecule has 0 saturated heterocycles. The van der Waals surface area contributed by atoms with E-state index in [2.05, 4.69) is 4.99 Å². The van der Waals surface area contributed by atoms with E-state index in [4.69, 9.17) is 16.2 Å². The van der Waals surface area contributed by atoms with Crippen molar-refractivity contribution in [3.63, 3.8) is 0 Å². The summed E-state index contributed by atoms with van der Waals surface area (Å²) in [4.78, 5) is 3.71. The second-order valence-corrected chi connectivity index (χ2v) is 4.06. The molecule has 0 radical (unpaired) electrons. The van der Waals surface area contributed by atoms with E-state index < -0.39 is 24.4 Å². The summed E-state index contributed by atoms with van der Waals surface area (Å²) in [6.45, 7) is -0.482. The van der Waals surface area contributed by atoms with Crippen molar-refractivity contribution >= 4 is 11.5 Å². The van der Waals surface area contributed by atoms with Gasteiger partial charge in [-0.05, 0) is 18.2 Å². The molecule has 1 unspecified atom stereocenters. The Morgan fingerprint density at radius 2 is 2.06 bits per heavy atom. The van der Waals surface area contributed by atoms with Crippen molar-refractivity contribution in [2.24, 2.45) is 10.7 Å². The number of aliphatic imine (C=N–C) groups is 1. The molecular weight excluding hydrogens is 247 g/mol. The van der Waals surface area contributed by atoms with Crippen LogP contribution in [0.5, 0.6) is 0 Å². The summed E-state index contributed by atoms with van der Waals surface area (Å²) in [6, 6.07) is 3.44. The molecule has 1 heterocycles. The zero-order valence-corrected chi connectivity index (χ0v) is 9.37. The highest BCUT2D eigenvalue weighted by molar-refractivity contribution is 5.82. The highest BCUT2D eigenvalue weighted by Crippen LogP contribution is 2.37. The number of nitrogen functional groups attached to an aromatic ring is 1. The Labute approximate surface area is 101 Å². The summed E-state index contributed by atoms with van der Waals surface area (Å²) in [5, 5.41) is 0. The van der Waals surface area contributed by atoms with E-state index in [-0.39, 0.29) is 23.7 Å². The molecule has 0 bridgehead atoms. The molecule has 98 valence electrons. The summed E-state index contributed by atoms with van der Waals surface area (Å²) < 4.78 is 45.3. The molecular formula is C11H12F3N3O. The lowest BCUT2D eigenvalue weighted by molar-refractivity contribution is -0.0145. The zero-order valence-electron chi connectivity index (χ0n) is 9.37. The molecule has 0 amide bonds. The summed E-state index contributed by atoms with van der Waals surface area (Å²) >= 11 is 0. The van der Waals surface area contributed by atoms with Crippen LogP contribution in [0, 0.1) is 5.82 Å². The van der Waals surface area contributed by atoms with Gasteiger partial charge in [0.2, 0.25) is 0 Å². The highest BCUT2D eigenvalue weighted by atomic mass is 19.3. The molecule has 4 nitrogen and oxygen atoms in total. The minimum Gasteiger partial charge on any atom is -0.399 e. The number of nitrogens with zero attached hydrogens (tertiary/aromatic N) is 1. The Hall–Kier alpha value is -1.76. The zero-order chi connectivity index (χ0) is 13.3. The second-order valence-electron chi connectivity index (χ2n) is 4.06. The maximum atomic E-state index is 13.7. The van der Waals surface area contributed by atoms with Gasteiger partial charge in [0, 0.05) is 11.3 Å². The number of anilines is 1. The van der Waals surface area contributed by atoms with Crippen LogP contribution in [0.4, 0.5) is 18.9 Å². The van der Waals surface area contributed by atoms with E-state index in [9.17, 15) is 13.2 Å². The van der Waals surface area contributed by atoms with Crippen molar-refractivity contribution in [3.05, 3.63) is 29.6 Å². The molecule has 1 aliphatic heterocycles. The molecule has 0 fully saturated rings. The van der Waals surface area contributed by atoms with Crippen LogP contribution in [0.25, 0.3) is 0 Å². The van der Waals surface area contributed by atoms with Gasteiger partial charge in [-0.15, -0.1) is 0 Å². The smallest absolute Gasteiger partial charge is 0.269 e. The molecule has 1 aromatic carbocycles. The van der Waals surface area contributed by atoms with Crippen molar-refractivity contribution in [1.82, 2.24) is 0 Å². The molecule has 0 aliphatic carbocycles. The predicted molar refractivity (Wildman–Crippen MR) is 60.9 cm³/mol. The molecule has 0 aromatic heterocycles. The fourth-order valence-corrected chi connectivity index (χ4v) is 1.87. The number of rotatable bonds is 2. The maximum Gasteiger partial charge on any atom is 0.269 e. The first kappa shape index (κ1) is 12.7. The summed E-state index contributed by atoms with van der Waals surface area (Å²) in [5.41, 5.74) is 8.65. The van der Waals surface area contributed by atoms with E-state index in [1.807, 2.05) is 0 Å². The van der Waals surface area contributed by atoms with Crippen molar-refractivity contribution in [2.45, 2.75) is 12.0 Å². The molecule has 7 heteroatoms. The molecule has 1 aliphatic rings. The fourth-order valence-electron chi connectivity index (χ4n) is 1.87. The second kappa shape index (κ2) is 4.49. The average molecular weight is 259 g/mol. The summed E-state index contributed by atoms with van der Waals surface area (Å²) in [6.07, 6.45) is -2.95. The first-order chi connectivity index (χ1) is 8.45. The van der Waals surface area contributed by atoms with Crippen LogP contribution in [-0.4, -0.2) is 25.5 Å². The molecule has 1 aromatic rings. The Bertz CT molecular complexity index is 492. The Balaban J connectivity index is 2.61. The molecule has 18 heavy (non-hydrogen) atoms. The van der Waals surface area contributed by atoms with Gasteiger partial charge in [-0.25, -0.2) is 13.2 Å². The molecule has 0 saturated carbocycles. The Morgan fingerprint density at radius 1 is 1.33 bits per heavy atom. The van der Waals surface area contributed by atoms with Gasteiger partial charge in [0.15, 0.2) is 5.54 Å². The third-order valence-corrected chi connectivity index (χ3v) is 2.73. The molecule has 0 spiro atoms. The number of hydrogen-bond acceptors (Lipinski definition) is 4. The monoisotopic (exact) mass is 259 g/mol. The van der Waals surface area contributed by atoms with Crippen molar-refractivity contribution in [2.75, 3.05) is 18.9 Å². The van der Waals surface area contributed by atoms with Gasteiger partial charge in [0.05, 0.1) is 6.61 Å². The number of benzene rings is 1. The normalized spacial score (nSPS) is 24.1. The number of alkyl halides is 2. The SMILES string of the molecule is NC1=NC(c2cc(N)ccc2F)(C(F)F)COC1. The number of nitrogens with two attached hydrogens (primary N) is 2. The van der Waals surface area contributed by atoms with Gasteiger partial charge in [-0.1, -0.05) is 0 Å². The van der Waals surface area contributed by atoms with E-state index in [1.54, 1.807) is 0 Å². The van der Waals surface area contributed by atoms with Crippen LogP contribution >= 0.6 is 0 Å². The largest absolute Gasteiger partial charge is 0.399 e. The Morgan fingerprint density at radius 3 is 2.67 bits per heavy atom. The molecule has 1 atom stereocenters. The van der Waals surface area contributed by atoms with Gasteiger partial charge in [-0.3, -0.25) is 4.99 Å². The third kappa shape index (κ3) is 2.01. The first-order valence-electron chi connectivity index (χ1n) is 5.21. The summed E-state index contributed by atoms with van der Waals surface area (Å²) in [7, 11) is 0. The quantitative estimate of drug-likeness (QED) is 0.785. The van der Waals surface area contributed by atoms with Gasteiger partial charge in [-0.2, -0.15) is 0 Å². The standard InChI is InChI=1S/C11H12F3N3O/c12-8-2-1-6(15)3-7(8)11(10(13)14)5-18-4-9(16)17-11/h1-3,10H,4-5,15H2,(H2,16,17). The fraction of sp³-hybridized carbons (Fsp3) is 0.364. The lowest BCUT2D eigenvalue weighted by Gasteiger charge is -2.33. The predicted octanol–water partition coefficient (Wildman–Crippen LogP) is 1.26. The van der Waals surface area contributed by atoms with Gasteiger partial charge in [0.1, 0.15) is 18.3 Å². The van der Waals surface area contributed by atoms with Crippen LogP contribution in [0.3, 0.4) is 0 Å². The highest BCUT2D eigenvalue weighted by Gasteiger charge is 2.46. The minimum atomic E-state index is -2.95. The summed E-state index contributed by atoms with van der Waals surface area (Å²) in [5.74, 6) is -0.907. The number of hydrogen-bond donors (Lipinski definition) is 2. The van der Waals surface area contributed by atoms with Crippen molar-refractivity contribution in [1.29, 1.82) is 0 Å². The topological polar surface area (TPSA) is 73.6 Å². The lowest BCUT2D eigenvalue weighted by atomic mass is 9.90. The van der Waals surface area contributed by atoms with Gasteiger partial charge >= 0.3 is 0 Å². The third-order valence-electron chi connectivity index (χ3n) is 2.73. The van der Waals surface area contributed by atoms with Crippen LogP contribution < -0.4 is 11.5 Å². The van der Waals surface area contributed by atoms with Gasteiger partial charge < -0.3 is 16.2 Å².